The van der Waals surface area contributed by atoms with Crippen molar-refractivity contribution in [3.05, 3.63) is 23.8 Å². The molecule has 4 nitrogen and oxygen atoms in total. The fourth-order valence-electron chi connectivity index (χ4n) is 3.33. The Labute approximate surface area is 125 Å². The maximum Gasteiger partial charge on any atom is 0.251 e. The Morgan fingerprint density at radius 2 is 2.14 bits per heavy atom. The van der Waals surface area contributed by atoms with E-state index < -0.39 is 0 Å². The van der Waals surface area contributed by atoms with Crippen molar-refractivity contribution in [1.82, 2.24) is 5.32 Å². The van der Waals surface area contributed by atoms with Crippen LogP contribution in [0.4, 0.5) is 0 Å². The van der Waals surface area contributed by atoms with Crippen LogP contribution in [-0.4, -0.2) is 18.7 Å². The average molecular weight is 289 g/mol. The number of benzene rings is 1. The fourth-order valence-corrected chi connectivity index (χ4v) is 3.33. The van der Waals surface area contributed by atoms with E-state index in [2.05, 4.69) is 12.2 Å². The Bertz CT molecular complexity index is 515. The van der Waals surface area contributed by atoms with Crippen molar-refractivity contribution >= 4 is 5.91 Å². The maximum atomic E-state index is 12.4. The molecule has 2 atom stereocenters. The summed E-state index contributed by atoms with van der Waals surface area (Å²) in [5.41, 5.74) is 0.653. The van der Waals surface area contributed by atoms with Gasteiger partial charge in [0.25, 0.3) is 5.91 Å². The molecule has 0 bridgehead atoms. The van der Waals surface area contributed by atoms with Crippen LogP contribution < -0.4 is 14.8 Å². The molecule has 2 unspecified atom stereocenters. The number of amides is 1. The summed E-state index contributed by atoms with van der Waals surface area (Å²) in [5, 5.41) is 3.21. The average Bonchev–Trinajstić information content (AvgIpc) is 3.13. The molecule has 0 aromatic heterocycles. The van der Waals surface area contributed by atoms with Crippen molar-refractivity contribution < 1.29 is 14.3 Å². The van der Waals surface area contributed by atoms with Gasteiger partial charge in [-0.1, -0.05) is 26.2 Å². The molecule has 0 spiro atoms. The summed E-state index contributed by atoms with van der Waals surface area (Å²) in [5.74, 6) is 2.02. The standard InChI is InChI=1S/C17H23NO3/c1-2-3-5-12-6-4-7-14(12)18-17(19)13-8-9-15-16(10-13)21-11-20-15/h8-10,12,14H,2-7,11H2,1H3,(H,18,19). The molecule has 1 aliphatic carbocycles. The highest BCUT2D eigenvalue weighted by molar-refractivity contribution is 5.95. The molecule has 1 aromatic rings. The van der Waals surface area contributed by atoms with E-state index in [-0.39, 0.29) is 12.7 Å². The van der Waals surface area contributed by atoms with E-state index in [0.29, 0.717) is 29.0 Å². The lowest BCUT2D eigenvalue weighted by Crippen LogP contribution is -2.37. The molecule has 1 heterocycles. The summed E-state index contributed by atoms with van der Waals surface area (Å²) < 4.78 is 10.6. The molecule has 1 N–H and O–H groups in total. The highest BCUT2D eigenvalue weighted by Gasteiger charge is 2.28. The van der Waals surface area contributed by atoms with Crippen LogP contribution in [0.2, 0.25) is 0 Å². The first-order valence-electron chi connectivity index (χ1n) is 7.98. The van der Waals surface area contributed by atoms with Gasteiger partial charge in [0, 0.05) is 11.6 Å². The van der Waals surface area contributed by atoms with Gasteiger partial charge in [-0.2, -0.15) is 0 Å². The monoisotopic (exact) mass is 289 g/mol. The molecule has 1 aliphatic heterocycles. The van der Waals surface area contributed by atoms with Crippen LogP contribution in [0.1, 0.15) is 55.8 Å². The van der Waals surface area contributed by atoms with E-state index >= 15 is 0 Å². The number of hydrogen-bond acceptors (Lipinski definition) is 3. The quantitative estimate of drug-likeness (QED) is 0.902. The number of fused-ring (bicyclic) bond motifs is 1. The van der Waals surface area contributed by atoms with Gasteiger partial charge < -0.3 is 14.8 Å². The number of rotatable bonds is 5. The van der Waals surface area contributed by atoms with Crippen molar-refractivity contribution in [3.63, 3.8) is 0 Å². The number of hydrogen-bond donors (Lipinski definition) is 1. The Balaban J connectivity index is 1.63. The summed E-state index contributed by atoms with van der Waals surface area (Å²) >= 11 is 0. The van der Waals surface area contributed by atoms with Crippen LogP contribution in [0.3, 0.4) is 0 Å². The van der Waals surface area contributed by atoms with Crippen molar-refractivity contribution in [2.24, 2.45) is 5.92 Å². The Kier molecular flexibility index (Phi) is 4.32. The molecule has 0 saturated heterocycles. The van der Waals surface area contributed by atoms with Gasteiger partial charge in [0.15, 0.2) is 11.5 Å². The van der Waals surface area contributed by atoms with Gasteiger partial charge >= 0.3 is 0 Å². The van der Waals surface area contributed by atoms with Gasteiger partial charge in [-0.25, -0.2) is 0 Å². The van der Waals surface area contributed by atoms with Crippen LogP contribution in [0.5, 0.6) is 11.5 Å². The van der Waals surface area contributed by atoms with E-state index in [1.54, 1.807) is 18.2 Å². The lowest BCUT2D eigenvalue weighted by molar-refractivity contribution is 0.0926. The highest BCUT2D eigenvalue weighted by Crippen LogP contribution is 2.33. The minimum Gasteiger partial charge on any atom is -0.454 e. The maximum absolute atomic E-state index is 12.4. The predicted molar refractivity (Wildman–Crippen MR) is 80.7 cm³/mol. The minimum absolute atomic E-state index is 0.00157. The fraction of sp³-hybridized carbons (Fsp3) is 0.588. The smallest absolute Gasteiger partial charge is 0.251 e. The van der Waals surface area contributed by atoms with E-state index in [9.17, 15) is 4.79 Å². The third kappa shape index (κ3) is 3.14. The normalized spacial score (nSPS) is 23.3. The second kappa shape index (κ2) is 6.37. The molecule has 2 aliphatic rings. The van der Waals surface area contributed by atoms with Gasteiger partial charge in [0.1, 0.15) is 0 Å². The number of carbonyl (C=O) groups excluding carboxylic acids is 1. The zero-order valence-electron chi connectivity index (χ0n) is 12.6. The van der Waals surface area contributed by atoms with Crippen molar-refractivity contribution in [2.75, 3.05) is 6.79 Å². The summed E-state index contributed by atoms with van der Waals surface area (Å²) in [7, 11) is 0. The number of unbranched alkanes of at least 4 members (excludes halogenated alkanes) is 1. The van der Waals surface area contributed by atoms with Gasteiger partial charge in [0.05, 0.1) is 0 Å². The largest absolute Gasteiger partial charge is 0.454 e. The van der Waals surface area contributed by atoms with Gasteiger partial charge in [-0.3, -0.25) is 4.79 Å². The van der Waals surface area contributed by atoms with E-state index in [4.69, 9.17) is 9.47 Å². The summed E-state index contributed by atoms with van der Waals surface area (Å²) in [6.45, 7) is 2.46. The SMILES string of the molecule is CCCCC1CCCC1NC(=O)c1ccc2c(c1)OCO2. The van der Waals surface area contributed by atoms with Crippen molar-refractivity contribution in [3.8, 4) is 11.5 Å². The summed E-state index contributed by atoms with van der Waals surface area (Å²) in [6, 6.07) is 5.71. The van der Waals surface area contributed by atoms with Crippen LogP contribution in [-0.2, 0) is 0 Å². The number of nitrogens with one attached hydrogen (secondary N) is 1. The van der Waals surface area contributed by atoms with E-state index in [1.807, 2.05) is 0 Å². The molecule has 114 valence electrons. The molecule has 21 heavy (non-hydrogen) atoms. The molecule has 3 rings (SSSR count). The van der Waals surface area contributed by atoms with Gasteiger partial charge in [0.2, 0.25) is 6.79 Å². The highest BCUT2D eigenvalue weighted by atomic mass is 16.7. The minimum atomic E-state index is 0.00157. The third-order valence-electron chi connectivity index (χ3n) is 4.54. The Morgan fingerprint density at radius 1 is 1.29 bits per heavy atom. The topological polar surface area (TPSA) is 47.6 Å². The molecule has 1 aromatic carbocycles. The molecule has 1 fully saturated rings. The van der Waals surface area contributed by atoms with Gasteiger partial charge in [-0.15, -0.1) is 0 Å². The lowest BCUT2D eigenvalue weighted by atomic mass is 9.96. The third-order valence-corrected chi connectivity index (χ3v) is 4.54. The first-order valence-corrected chi connectivity index (χ1v) is 7.98. The van der Waals surface area contributed by atoms with Crippen LogP contribution >= 0.6 is 0 Å². The second-order valence-electron chi connectivity index (χ2n) is 5.98. The van der Waals surface area contributed by atoms with Crippen LogP contribution in [0.15, 0.2) is 18.2 Å². The Morgan fingerprint density at radius 3 is 3.00 bits per heavy atom. The molecule has 1 saturated carbocycles. The number of ether oxygens (including phenoxy) is 2. The summed E-state index contributed by atoms with van der Waals surface area (Å²) in [4.78, 5) is 12.4. The zero-order chi connectivity index (χ0) is 14.7. The van der Waals surface area contributed by atoms with E-state index in [0.717, 1.165) is 6.42 Å². The van der Waals surface area contributed by atoms with Gasteiger partial charge in [-0.05, 0) is 43.4 Å². The first kappa shape index (κ1) is 14.2. The Hall–Kier alpha value is -1.71. The van der Waals surface area contributed by atoms with E-state index in [1.165, 1.54) is 32.1 Å². The van der Waals surface area contributed by atoms with Crippen LogP contribution in [0, 0.1) is 5.92 Å². The second-order valence-corrected chi connectivity index (χ2v) is 5.98. The molecule has 0 radical (unpaired) electrons. The molecule has 1 amide bonds. The van der Waals surface area contributed by atoms with Crippen molar-refractivity contribution in [2.45, 2.75) is 51.5 Å². The molecule has 4 heteroatoms. The molecular weight excluding hydrogens is 266 g/mol. The zero-order valence-corrected chi connectivity index (χ0v) is 12.6. The first-order chi connectivity index (χ1) is 10.3. The van der Waals surface area contributed by atoms with Crippen molar-refractivity contribution in [1.29, 1.82) is 0 Å². The van der Waals surface area contributed by atoms with Crippen LogP contribution in [0.25, 0.3) is 0 Å². The predicted octanol–water partition coefficient (Wildman–Crippen LogP) is 3.50. The summed E-state index contributed by atoms with van der Waals surface area (Å²) in [6.07, 6.45) is 7.26. The number of carbonyl (C=O) groups is 1. The lowest BCUT2D eigenvalue weighted by Gasteiger charge is -2.21. The molecular formula is C17H23NO3.